The van der Waals surface area contributed by atoms with Crippen LogP contribution in [0, 0.1) is 10.4 Å². The molecule has 1 unspecified atom stereocenters. The highest BCUT2D eigenvalue weighted by Crippen LogP contribution is 2.43. The van der Waals surface area contributed by atoms with Gasteiger partial charge in [-0.25, -0.2) is 0 Å². The predicted octanol–water partition coefficient (Wildman–Crippen LogP) is 1.49. The Balaban J connectivity index is 2.09. The third kappa shape index (κ3) is 2.00. The average Bonchev–Trinajstić information content (AvgIpc) is 3.07. The quantitative estimate of drug-likeness (QED) is 0.533. The van der Waals surface area contributed by atoms with E-state index in [0.29, 0.717) is 16.0 Å². The van der Waals surface area contributed by atoms with Gasteiger partial charge in [0.25, 0.3) is 22.5 Å². The molecule has 0 aliphatic carbocycles. The number of hydrogen-bond acceptors (Lipinski definition) is 5. The summed E-state index contributed by atoms with van der Waals surface area (Å²) in [6.45, 7) is -0.0439. The minimum Gasteiger partial charge on any atom is -0.618 e. The van der Waals surface area contributed by atoms with Crippen LogP contribution in [0.25, 0.3) is 11.0 Å². The number of benzene rings is 2. The molecule has 0 bridgehead atoms. The van der Waals surface area contributed by atoms with Crippen LogP contribution in [-0.2, 0) is 21.9 Å². The fourth-order valence-electron chi connectivity index (χ4n) is 3.36. The molecule has 2 aromatic carbocycles. The lowest BCUT2D eigenvalue weighted by molar-refractivity contribution is -0.643. The van der Waals surface area contributed by atoms with Crippen LogP contribution in [0.5, 0.6) is 5.75 Å². The van der Waals surface area contributed by atoms with Gasteiger partial charge in [-0.15, -0.1) is 0 Å². The third-order valence-corrected chi connectivity index (χ3v) is 4.51. The Morgan fingerprint density at radius 3 is 2.28 bits per heavy atom. The molecular formula is C18H16N2O5. The van der Waals surface area contributed by atoms with E-state index in [1.54, 1.807) is 48.5 Å². The van der Waals surface area contributed by atoms with Gasteiger partial charge in [-0.1, -0.05) is 24.3 Å². The predicted molar refractivity (Wildman–Crippen MR) is 87.4 cm³/mol. The number of rotatable bonds is 3. The Bertz CT molecular complexity index is 975. The first-order valence-electron chi connectivity index (χ1n) is 7.74. The summed E-state index contributed by atoms with van der Waals surface area (Å²) in [5.74, 6) is -1.01. The number of methoxy groups -OCH3 is 2. The second-order valence-corrected chi connectivity index (χ2v) is 5.68. The van der Waals surface area contributed by atoms with Gasteiger partial charge in [0.1, 0.15) is 12.4 Å². The molecule has 0 N–H and O–H groups in total. The van der Waals surface area contributed by atoms with E-state index in [0.717, 1.165) is 4.73 Å². The first-order chi connectivity index (χ1) is 12.1. The summed E-state index contributed by atoms with van der Waals surface area (Å²) in [6.07, 6.45) is 0. The van der Waals surface area contributed by atoms with Gasteiger partial charge in [0.05, 0.1) is 12.7 Å². The standard InChI is InChI=1S/C18H16N2O5/c1-23-16-10-6-3-7-12(16)18(24-2)17-15(11-25-18)19(21)13-8-4-5-9-14(13)20(17)22/h3-10H,11H2,1-2H3. The van der Waals surface area contributed by atoms with Gasteiger partial charge in [0, 0.05) is 19.2 Å². The lowest BCUT2D eigenvalue weighted by atomic mass is 10.0. The Morgan fingerprint density at radius 2 is 1.60 bits per heavy atom. The van der Waals surface area contributed by atoms with E-state index in [2.05, 4.69) is 0 Å². The molecule has 0 saturated heterocycles. The maximum Gasteiger partial charge on any atom is 0.329 e. The highest BCUT2D eigenvalue weighted by Gasteiger charge is 2.56. The number of nitrogens with zero attached hydrogens (tertiary/aromatic N) is 2. The fourth-order valence-corrected chi connectivity index (χ4v) is 3.36. The van der Waals surface area contributed by atoms with Crippen LogP contribution >= 0.6 is 0 Å². The molecule has 7 heteroatoms. The van der Waals surface area contributed by atoms with Gasteiger partial charge in [0.2, 0.25) is 0 Å². The summed E-state index contributed by atoms with van der Waals surface area (Å²) in [5.41, 5.74) is 1.40. The van der Waals surface area contributed by atoms with E-state index >= 15 is 0 Å². The fraction of sp³-hybridized carbons (Fsp3) is 0.222. The molecule has 1 atom stereocenters. The summed E-state index contributed by atoms with van der Waals surface area (Å²) >= 11 is 0. The molecule has 3 aromatic rings. The molecule has 2 heterocycles. The Kier molecular flexibility index (Phi) is 3.48. The molecule has 0 amide bonds. The van der Waals surface area contributed by atoms with Crippen LogP contribution in [0.15, 0.2) is 48.5 Å². The zero-order valence-corrected chi connectivity index (χ0v) is 13.8. The molecule has 7 nitrogen and oxygen atoms in total. The summed E-state index contributed by atoms with van der Waals surface area (Å²) < 4.78 is 18.4. The second-order valence-electron chi connectivity index (χ2n) is 5.68. The SMILES string of the molecule is COc1ccccc1C1(OC)OCc2c1[n+]([O-])c1ccccc1[n+]2[O-]. The van der Waals surface area contributed by atoms with Gasteiger partial charge < -0.3 is 24.6 Å². The Hall–Kier alpha value is -2.90. The van der Waals surface area contributed by atoms with Gasteiger partial charge >= 0.3 is 5.69 Å². The van der Waals surface area contributed by atoms with E-state index in [1.165, 1.54) is 14.2 Å². The van der Waals surface area contributed by atoms with E-state index in [-0.39, 0.29) is 29.0 Å². The Morgan fingerprint density at radius 1 is 0.960 bits per heavy atom. The highest BCUT2D eigenvalue weighted by molar-refractivity contribution is 5.67. The summed E-state index contributed by atoms with van der Waals surface area (Å²) in [7, 11) is 2.96. The number of ether oxygens (including phenoxy) is 3. The van der Waals surface area contributed by atoms with Crippen LogP contribution < -0.4 is 14.2 Å². The van der Waals surface area contributed by atoms with Crippen molar-refractivity contribution < 1.29 is 23.7 Å². The van der Waals surface area contributed by atoms with E-state index < -0.39 is 5.79 Å². The normalized spacial score (nSPS) is 19.1. The van der Waals surface area contributed by atoms with Gasteiger partial charge in [-0.2, -0.15) is 9.46 Å². The van der Waals surface area contributed by atoms with Gasteiger partial charge in [-0.05, 0) is 12.1 Å². The first kappa shape index (κ1) is 15.6. The van der Waals surface area contributed by atoms with Crippen molar-refractivity contribution in [1.82, 2.24) is 0 Å². The van der Waals surface area contributed by atoms with Gasteiger partial charge in [-0.3, -0.25) is 0 Å². The molecule has 0 radical (unpaired) electrons. The van der Waals surface area contributed by atoms with Crippen LogP contribution in [0.4, 0.5) is 0 Å². The lowest BCUT2D eigenvalue weighted by Crippen LogP contribution is -2.49. The molecular weight excluding hydrogens is 324 g/mol. The van der Waals surface area contributed by atoms with E-state index in [1.807, 2.05) is 0 Å². The third-order valence-electron chi connectivity index (χ3n) is 4.51. The number of fused-ring (bicyclic) bond motifs is 2. The van der Waals surface area contributed by atoms with Crippen molar-refractivity contribution in [1.29, 1.82) is 0 Å². The largest absolute Gasteiger partial charge is 0.618 e. The minimum absolute atomic E-state index is 0.0439. The summed E-state index contributed by atoms with van der Waals surface area (Å²) in [4.78, 5) is 0. The number of para-hydroxylation sites is 3. The number of aromatic nitrogens is 2. The molecule has 0 saturated carbocycles. The zero-order chi connectivity index (χ0) is 17.6. The van der Waals surface area contributed by atoms with Crippen molar-refractivity contribution in [2.45, 2.75) is 12.4 Å². The van der Waals surface area contributed by atoms with Crippen molar-refractivity contribution in [3.05, 3.63) is 75.9 Å². The minimum atomic E-state index is -1.51. The lowest BCUT2D eigenvalue weighted by Gasteiger charge is -2.26. The van der Waals surface area contributed by atoms with Crippen LogP contribution in [0.3, 0.4) is 0 Å². The van der Waals surface area contributed by atoms with Gasteiger partial charge in [0.15, 0.2) is 0 Å². The first-order valence-corrected chi connectivity index (χ1v) is 7.74. The van der Waals surface area contributed by atoms with Crippen molar-refractivity contribution in [2.75, 3.05) is 14.2 Å². The van der Waals surface area contributed by atoms with Crippen molar-refractivity contribution in [2.24, 2.45) is 0 Å². The van der Waals surface area contributed by atoms with Crippen molar-refractivity contribution in [3.63, 3.8) is 0 Å². The molecule has 25 heavy (non-hydrogen) atoms. The maximum atomic E-state index is 13.1. The van der Waals surface area contributed by atoms with Crippen LogP contribution in [0.1, 0.15) is 17.0 Å². The molecule has 1 aliphatic rings. The molecule has 0 spiro atoms. The van der Waals surface area contributed by atoms with Crippen molar-refractivity contribution in [3.8, 4) is 5.75 Å². The Labute approximate surface area is 143 Å². The average molecular weight is 340 g/mol. The highest BCUT2D eigenvalue weighted by atomic mass is 16.7. The topological polar surface area (TPSA) is 81.6 Å². The summed E-state index contributed by atoms with van der Waals surface area (Å²) in [6, 6.07) is 13.7. The number of hydrogen-bond donors (Lipinski definition) is 0. The monoisotopic (exact) mass is 340 g/mol. The second kappa shape index (κ2) is 5.58. The van der Waals surface area contributed by atoms with E-state index in [9.17, 15) is 10.4 Å². The molecule has 4 rings (SSSR count). The van der Waals surface area contributed by atoms with Crippen LogP contribution in [-0.4, -0.2) is 14.2 Å². The van der Waals surface area contributed by atoms with Crippen LogP contribution in [0.2, 0.25) is 0 Å². The molecule has 1 aromatic heterocycles. The van der Waals surface area contributed by atoms with E-state index in [4.69, 9.17) is 14.2 Å². The molecule has 1 aliphatic heterocycles. The smallest absolute Gasteiger partial charge is 0.329 e. The zero-order valence-electron chi connectivity index (χ0n) is 13.8. The molecule has 0 fully saturated rings. The maximum absolute atomic E-state index is 13.1. The summed E-state index contributed by atoms with van der Waals surface area (Å²) in [5, 5.41) is 25.8. The molecule has 128 valence electrons. The van der Waals surface area contributed by atoms with Crippen molar-refractivity contribution >= 4 is 11.0 Å².